The maximum absolute atomic E-state index is 13.2. The lowest BCUT2D eigenvalue weighted by Crippen LogP contribution is -2.33. The van der Waals surface area contributed by atoms with Crippen LogP contribution in [0, 0.1) is 6.92 Å². The van der Waals surface area contributed by atoms with Crippen LogP contribution in [-0.4, -0.2) is 33.7 Å². The summed E-state index contributed by atoms with van der Waals surface area (Å²) in [5.74, 6) is 0.655. The molecular weight excluding hydrogens is 326 g/mol. The molecule has 5 heteroatoms. The van der Waals surface area contributed by atoms with E-state index in [4.69, 9.17) is 4.42 Å². The van der Waals surface area contributed by atoms with E-state index in [0.717, 1.165) is 31.6 Å². The Morgan fingerprint density at radius 3 is 2.38 bits per heavy atom. The molecule has 1 aromatic carbocycles. The molecule has 2 heterocycles. The van der Waals surface area contributed by atoms with Crippen molar-refractivity contribution in [2.75, 3.05) is 13.1 Å². The Hall–Kier alpha value is -2.82. The van der Waals surface area contributed by atoms with E-state index < -0.39 is 0 Å². The fraction of sp³-hybridized carbons (Fsp3) is 0.333. The van der Waals surface area contributed by atoms with E-state index in [0.29, 0.717) is 17.1 Å². The van der Waals surface area contributed by atoms with Gasteiger partial charge in [0.25, 0.3) is 5.91 Å². The standard InChI is InChI=1S/C21H25N3O2/c1-4-12-23(13-5-2)21(25)19-15-18(20-7-6-14-26-20)22-24(19)17-10-8-16(3)9-11-17/h6-11,14-15H,4-5,12-13H2,1-3H3. The molecule has 0 atom stereocenters. The summed E-state index contributed by atoms with van der Waals surface area (Å²) in [5.41, 5.74) is 3.25. The molecule has 0 fully saturated rings. The molecule has 0 aliphatic heterocycles. The fourth-order valence-corrected chi connectivity index (χ4v) is 2.98. The number of furan rings is 1. The first kappa shape index (κ1) is 18.0. The van der Waals surface area contributed by atoms with Gasteiger partial charge in [-0.3, -0.25) is 4.79 Å². The summed E-state index contributed by atoms with van der Waals surface area (Å²) >= 11 is 0. The molecule has 0 saturated carbocycles. The highest BCUT2D eigenvalue weighted by molar-refractivity contribution is 5.94. The van der Waals surface area contributed by atoms with Gasteiger partial charge in [-0.25, -0.2) is 4.68 Å². The van der Waals surface area contributed by atoms with Crippen molar-refractivity contribution in [3.05, 3.63) is 60.0 Å². The van der Waals surface area contributed by atoms with Gasteiger partial charge in [0.2, 0.25) is 0 Å². The summed E-state index contributed by atoms with van der Waals surface area (Å²) in [6.45, 7) is 7.68. The minimum atomic E-state index is -0.000388. The first-order valence-corrected chi connectivity index (χ1v) is 9.14. The smallest absolute Gasteiger partial charge is 0.272 e. The number of nitrogens with zero attached hydrogens (tertiary/aromatic N) is 3. The van der Waals surface area contributed by atoms with Gasteiger partial charge in [-0.15, -0.1) is 0 Å². The Labute approximate surface area is 154 Å². The second-order valence-electron chi connectivity index (χ2n) is 6.43. The lowest BCUT2D eigenvalue weighted by Gasteiger charge is -2.21. The summed E-state index contributed by atoms with van der Waals surface area (Å²) in [5, 5.41) is 4.65. The lowest BCUT2D eigenvalue weighted by atomic mass is 10.2. The van der Waals surface area contributed by atoms with Crippen molar-refractivity contribution in [1.29, 1.82) is 0 Å². The normalized spacial score (nSPS) is 10.9. The number of hydrogen-bond acceptors (Lipinski definition) is 3. The zero-order valence-corrected chi connectivity index (χ0v) is 15.6. The highest BCUT2D eigenvalue weighted by Crippen LogP contribution is 2.23. The number of benzene rings is 1. The summed E-state index contributed by atoms with van der Waals surface area (Å²) in [7, 11) is 0. The molecule has 1 amide bonds. The van der Waals surface area contributed by atoms with E-state index in [9.17, 15) is 4.79 Å². The van der Waals surface area contributed by atoms with Crippen LogP contribution in [0.15, 0.2) is 53.1 Å². The second-order valence-corrected chi connectivity index (χ2v) is 6.43. The van der Waals surface area contributed by atoms with Crippen LogP contribution >= 0.6 is 0 Å². The predicted octanol–water partition coefficient (Wildman–Crippen LogP) is 4.70. The van der Waals surface area contributed by atoms with Crippen LogP contribution in [0.25, 0.3) is 17.1 Å². The fourth-order valence-electron chi connectivity index (χ4n) is 2.98. The van der Waals surface area contributed by atoms with Crippen molar-refractivity contribution in [3.8, 4) is 17.1 Å². The molecule has 3 rings (SSSR count). The van der Waals surface area contributed by atoms with Crippen LogP contribution in [0.4, 0.5) is 0 Å². The van der Waals surface area contributed by atoms with Crippen molar-refractivity contribution in [2.24, 2.45) is 0 Å². The topological polar surface area (TPSA) is 51.3 Å². The third-order valence-electron chi connectivity index (χ3n) is 4.25. The van der Waals surface area contributed by atoms with Gasteiger partial charge in [-0.1, -0.05) is 31.5 Å². The van der Waals surface area contributed by atoms with Gasteiger partial charge in [0.1, 0.15) is 11.4 Å². The van der Waals surface area contributed by atoms with E-state index in [1.165, 1.54) is 5.56 Å². The maximum atomic E-state index is 13.2. The third kappa shape index (κ3) is 3.72. The van der Waals surface area contributed by atoms with Gasteiger partial charge >= 0.3 is 0 Å². The molecule has 3 aromatic rings. The van der Waals surface area contributed by atoms with Gasteiger partial charge < -0.3 is 9.32 Å². The Morgan fingerprint density at radius 1 is 1.12 bits per heavy atom. The monoisotopic (exact) mass is 351 g/mol. The number of rotatable bonds is 7. The SMILES string of the molecule is CCCN(CCC)C(=O)c1cc(-c2ccco2)nn1-c1ccc(C)cc1. The van der Waals surface area contributed by atoms with Crippen LogP contribution in [0.2, 0.25) is 0 Å². The number of carbonyl (C=O) groups excluding carboxylic acids is 1. The highest BCUT2D eigenvalue weighted by Gasteiger charge is 2.22. The van der Waals surface area contributed by atoms with E-state index in [-0.39, 0.29) is 5.91 Å². The number of aromatic nitrogens is 2. The molecule has 26 heavy (non-hydrogen) atoms. The van der Waals surface area contributed by atoms with Crippen LogP contribution in [0.5, 0.6) is 0 Å². The molecule has 0 radical (unpaired) electrons. The van der Waals surface area contributed by atoms with E-state index in [1.54, 1.807) is 10.9 Å². The Kier molecular flexibility index (Phi) is 5.56. The third-order valence-corrected chi connectivity index (χ3v) is 4.25. The molecule has 0 N–H and O–H groups in total. The van der Waals surface area contributed by atoms with E-state index in [2.05, 4.69) is 18.9 Å². The van der Waals surface area contributed by atoms with Crippen molar-refractivity contribution < 1.29 is 9.21 Å². The molecular formula is C21H25N3O2. The van der Waals surface area contributed by atoms with Crippen LogP contribution in [-0.2, 0) is 0 Å². The Bertz CT molecular complexity index is 842. The molecule has 0 aliphatic carbocycles. The first-order chi connectivity index (χ1) is 12.6. The quantitative estimate of drug-likeness (QED) is 0.620. The predicted molar refractivity (Wildman–Crippen MR) is 102 cm³/mol. The van der Waals surface area contributed by atoms with Crippen LogP contribution < -0.4 is 0 Å². The van der Waals surface area contributed by atoms with Crippen molar-refractivity contribution in [3.63, 3.8) is 0 Å². The summed E-state index contributed by atoms with van der Waals surface area (Å²) in [6, 6.07) is 13.5. The molecule has 0 unspecified atom stereocenters. The van der Waals surface area contributed by atoms with Gasteiger partial charge in [-0.2, -0.15) is 5.10 Å². The van der Waals surface area contributed by atoms with E-state index >= 15 is 0 Å². The Morgan fingerprint density at radius 2 is 1.81 bits per heavy atom. The number of hydrogen-bond donors (Lipinski definition) is 0. The molecule has 0 bridgehead atoms. The molecule has 0 saturated heterocycles. The van der Waals surface area contributed by atoms with Gasteiger partial charge in [-0.05, 0) is 44.0 Å². The lowest BCUT2D eigenvalue weighted by molar-refractivity contribution is 0.0746. The van der Waals surface area contributed by atoms with Gasteiger partial charge in [0, 0.05) is 19.2 Å². The number of carbonyl (C=O) groups is 1. The van der Waals surface area contributed by atoms with Crippen molar-refractivity contribution >= 4 is 5.91 Å². The van der Waals surface area contributed by atoms with Crippen molar-refractivity contribution in [1.82, 2.24) is 14.7 Å². The van der Waals surface area contributed by atoms with Crippen LogP contribution in [0.1, 0.15) is 42.7 Å². The molecule has 136 valence electrons. The van der Waals surface area contributed by atoms with E-state index in [1.807, 2.05) is 54.3 Å². The summed E-state index contributed by atoms with van der Waals surface area (Å²) < 4.78 is 7.20. The Balaban J connectivity index is 2.06. The maximum Gasteiger partial charge on any atom is 0.272 e. The zero-order valence-electron chi connectivity index (χ0n) is 15.6. The highest BCUT2D eigenvalue weighted by atomic mass is 16.3. The summed E-state index contributed by atoms with van der Waals surface area (Å²) in [6.07, 6.45) is 3.47. The molecule has 0 aliphatic rings. The zero-order chi connectivity index (χ0) is 18.5. The van der Waals surface area contributed by atoms with Crippen molar-refractivity contribution in [2.45, 2.75) is 33.6 Å². The largest absolute Gasteiger partial charge is 0.463 e. The number of amides is 1. The molecule has 2 aromatic heterocycles. The van der Waals surface area contributed by atoms with Gasteiger partial charge in [0.05, 0.1) is 12.0 Å². The molecule has 5 nitrogen and oxygen atoms in total. The summed E-state index contributed by atoms with van der Waals surface area (Å²) in [4.78, 5) is 15.1. The average molecular weight is 351 g/mol. The minimum absolute atomic E-state index is 0.000388. The number of aryl methyl sites for hydroxylation is 1. The minimum Gasteiger partial charge on any atom is -0.463 e. The second kappa shape index (κ2) is 8.04. The first-order valence-electron chi connectivity index (χ1n) is 9.14. The molecule has 0 spiro atoms. The average Bonchev–Trinajstić information content (AvgIpc) is 3.31. The van der Waals surface area contributed by atoms with Crippen LogP contribution in [0.3, 0.4) is 0 Å². The van der Waals surface area contributed by atoms with Gasteiger partial charge in [0.15, 0.2) is 5.76 Å².